The maximum atomic E-state index is 12.2. The predicted molar refractivity (Wildman–Crippen MR) is 73.4 cm³/mol. The summed E-state index contributed by atoms with van der Waals surface area (Å²) in [6.45, 7) is 4.66. The second-order valence-electron chi connectivity index (χ2n) is 4.77. The van der Waals surface area contributed by atoms with Crippen LogP contribution in [0.25, 0.3) is 10.8 Å². The minimum absolute atomic E-state index is 0.0404. The molecule has 0 spiro atoms. The van der Waals surface area contributed by atoms with E-state index in [2.05, 4.69) is 18.9 Å². The average Bonchev–Trinajstić information content (AvgIpc) is 2.41. The summed E-state index contributed by atoms with van der Waals surface area (Å²) >= 11 is 0. The average molecular weight is 245 g/mol. The highest BCUT2D eigenvalue weighted by molar-refractivity contribution is 5.80. The monoisotopic (exact) mass is 245 g/mol. The van der Waals surface area contributed by atoms with E-state index in [1.165, 1.54) is 4.68 Å². The fourth-order valence-electron chi connectivity index (χ4n) is 1.94. The summed E-state index contributed by atoms with van der Waals surface area (Å²) in [5, 5.41) is 5.76. The van der Waals surface area contributed by atoms with E-state index in [1.54, 1.807) is 6.20 Å². The first-order chi connectivity index (χ1) is 8.63. The third-order valence-corrected chi connectivity index (χ3v) is 3.52. The molecule has 0 aliphatic carbocycles. The fraction of sp³-hybridized carbons (Fsp3) is 0.429. The number of nitrogens with zero attached hydrogens (tertiary/aromatic N) is 2. The number of hydrogen-bond acceptors (Lipinski definition) is 3. The van der Waals surface area contributed by atoms with Crippen molar-refractivity contribution in [1.29, 1.82) is 0 Å². The molecule has 0 amide bonds. The Labute approximate surface area is 106 Å². The second kappa shape index (κ2) is 5.31. The number of aromatic nitrogens is 2. The zero-order chi connectivity index (χ0) is 13.1. The van der Waals surface area contributed by atoms with Crippen LogP contribution in [0.1, 0.15) is 20.3 Å². The Morgan fingerprint density at radius 3 is 2.83 bits per heavy atom. The first kappa shape index (κ1) is 12.8. The molecule has 0 saturated carbocycles. The molecule has 1 aromatic heterocycles. The molecule has 0 radical (unpaired) electrons. The largest absolute Gasteiger partial charge is 0.326 e. The normalized spacial score (nSPS) is 14.6. The Kier molecular flexibility index (Phi) is 3.77. The zero-order valence-corrected chi connectivity index (χ0v) is 10.8. The lowest BCUT2D eigenvalue weighted by Gasteiger charge is -2.18. The number of hydrogen-bond donors (Lipinski definition) is 1. The molecule has 0 saturated heterocycles. The van der Waals surface area contributed by atoms with Crippen LogP contribution in [-0.2, 0) is 6.54 Å². The Morgan fingerprint density at radius 1 is 1.39 bits per heavy atom. The van der Waals surface area contributed by atoms with E-state index in [4.69, 9.17) is 5.73 Å². The SMILES string of the molecule is CCC(C)C(N)Cn1ncc2ccccc2c1=O. The van der Waals surface area contributed by atoms with Gasteiger partial charge in [0.1, 0.15) is 0 Å². The van der Waals surface area contributed by atoms with E-state index in [9.17, 15) is 4.79 Å². The number of nitrogens with two attached hydrogens (primary N) is 1. The van der Waals surface area contributed by atoms with Gasteiger partial charge in [-0.2, -0.15) is 5.10 Å². The van der Waals surface area contributed by atoms with Crippen LogP contribution in [0.3, 0.4) is 0 Å². The molecule has 4 nitrogen and oxygen atoms in total. The summed E-state index contributed by atoms with van der Waals surface area (Å²) < 4.78 is 1.47. The van der Waals surface area contributed by atoms with Crippen molar-refractivity contribution in [3.63, 3.8) is 0 Å². The lowest BCUT2D eigenvalue weighted by atomic mass is 10.0. The van der Waals surface area contributed by atoms with Gasteiger partial charge >= 0.3 is 0 Å². The maximum Gasteiger partial charge on any atom is 0.274 e. The van der Waals surface area contributed by atoms with E-state index in [0.29, 0.717) is 17.8 Å². The molecular weight excluding hydrogens is 226 g/mol. The summed E-state index contributed by atoms with van der Waals surface area (Å²) in [5.74, 6) is 0.380. The predicted octanol–water partition coefficient (Wildman–Crippen LogP) is 1.77. The first-order valence-corrected chi connectivity index (χ1v) is 6.34. The maximum absolute atomic E-state index is 12.2. The molecule has 0 bridgehead atoms. The van der Waals surface area contributed by atoms with Crippen LogP contribution in [-0.4, -0.2) is 15.8 Å². The zero-order valence-electron chi connectivity index (χ0n) is 10.8. The van der Waals surface area contributed by atoms with E-state index in [0.717, 1.165) is 11.8 Å². The van der Waals surface area contributed by atoms with E-state index >= 15 is 0 Å². The molecule has 2 atom stereocenters. The van der Waals surface area contributed by atoms with Crippen LogP contribution in [0, 0.1) is 5.92 Å². The van der Waals surface area contributed by atoms with Gasteiger partial charge in [-0.3, -0.25) is 4.79 Å². The Morgan fingerprint density at radius 2 is 2.11 bits per heavy atom. The minimum Gasteiger partial charge on any atom is -0.326 e. The third-order valence-electron chi connectivity index (χ3n) is 3.52. The lowest BCUT2D eigenvalue weighted by Crippen LogP contribution is -2.37. The highest BCUT2D eigenvalue weighted by Crippen LogP contribution is 2.09. The molecule has 4 heteroatoms. The topological polar surface area (TPSA) is 60.9 Å². The standard InChI is InChI=1S/C14H19N3O/c1-3-10(2)13(15)9-17-14(18)12-7-5-4-6-11(12)8-16-17/h4-8,10,13H,3,9,15H2,1-2H3. The molecule has 0 aliphatic heterocycles. The van der Waals surface area contributed by atoms with Gasteiger partial charge in [0.15, 0.2) is 0 Å². The van der Waals surface area contributed by atoms with Crippen LogP contribution in [0.15, 0.2) is 35.3 Å². The highest BCUT2D eigenvalue weighted by atomic mass is 16.1. The lowest BCUT2D eigenvalue weighted by molar-refractivity contribution is 0.375. The van der Waals surface area contributed by atoms with Crippen molar-refractivity contribution in [1.82, 2.24) is 9.78 Å². The molecular formula is C14H19N3O. The van der Waals surface area contributed by atoms with E-state index in [1.807, 2.05) is 24.3 Å². The minimum atomic E-state index is -0.0631. The summed E-state index contributed by atoms with van der Waals surface area (Å²) in [7, 11) is 0. The highest BCUT2D eigenvalue weighted by Gasteiger charge is 2.13. The summed E-state index contributed by atoms with van der Waals surface area (Å²) in [6.07, 6.45) is 2.73. The van der Waals surface area contributed by atoms with Crippen molar-refractivity contribution >= 4 is 10.8 Å². The molecule has 96 valence electrons. The fourth-order valence-corrected chi connectivity index (χ4v) is 1.94. The second-order valence-corrected chi connectivity index (χ2v) is 4.77. The van der Waals surface area contributed by atoms with Crippen LogP contribution < -0.4 is 11.3 Å². The first-order valence-electron chi connectivity index (χ1n) is 6.34. The van der Waals surface area contributed by atoms with Crippen molar-refractivity contribution in [2.24, 2.45) is 11.7 Å². The summed E-state index contributed by atoms with van der Waals surface area (Å²) in [4.78, 5) is 12.2. The molecule has 18 heavy (non-hydrogen) atoms. The van der Waals surface area contributed by atoms with Crippen LogP contribution in [0.5, 0.6) is 0 Å². The van der Waals surface area contributed by atoms with Crippen LogP contribution >= 0.6 is 0 Å². The molecule has 2 aromatic rings. The van der Waals surface area contributed by atoms with Gasteiger partial charge in [0, 0.05) is 11.4 Å². The molecule has 2 N–H and O–H groups in total. The van der Waals surface area contributed by atoms with Crippen molar-refractivity contribution in [3.05, 3.63) is 40.8 Å². The van der Waals surface area contributed by atoms with Crippen LogP contribution in [0.4, 0.5) is 0 Å². The molecule has 1 heterocycles. The quantitative estimate of drug-likeness (QED) is 0.893. The van der Waals surface area contributed by atoms with Gasteiger partial charge in [0.05, 0.1) is 18.1 Å². The van der Waals surface area contributed by atoms with Gasteiger partial charge < -0.3 is 5.73 Å². The molecule has 2 unspecified atom stereocenters. The molecule has 1 aromatic carbocycles. The van der Waals surface area contributed by atoms with Gasteiger partial charge in [-0.1, -0.05) is 38.5 Å². The number of rotatable bonds is 4. The van der Waals surface area contributed by atoms with Crippen molar-refractivity contribution in [2.45, 2.75) is 32.9 Å². The van der Waals surface area contributed by atoms with Gasteiger partial charge in [-0.05, 0) is 12.0 Å². The Bertz CT molecular complexity index is 591. The van der Waals surface area contributed by atoms with Gasteiger partial charge in [0.2, 0.25) is 0 Å². The Hall–Kier alpha value is -1.68. The third kappa shape index (κ3) is 2.43. The van der Waals surface area contributed by atoms with Crippen molar-refractivity contribution in [2.75, 3.05) is 0 Å². The molecule has 2 rings (SSSR count). The molecule has 0 fully saturated rings. The van der Waals surface area contributed by atoms with Gasteiger partial charge in [-0.25, -0.2) is 4.68 Å². The van der Waals surface area contributed by atoms with E-state index < -0.39 is 0 Å². The van der Waals surface area contributed by atoms with Crippen LogP contribution in [0.2, 0.25) is 0 Å². The Balaban J connectivity index is 2.35. The number of benzene rings is 1. The summed E-state index contributed by atoms with van der Waals surface area (Å²) in [6, 6.07) is 7.44. The summed E-state index contributed by atoms with van der Waals surface area (Å²) in [5.41, 5.74) is 6.01. The van der Waals surface area contributed by atoms with Gasteiger partial charge in [-0.15, -0.1) is 0 Å². The smallest absolute Gasteiger partial charge is 0.274 e. The molecule has 0 aliphatic rings. The van der Waals surface area contributed by atoms with E-state index in [-0.39, 0.29) is 11.6 Å². The van der Waals surface area contributed by atoms with Gasteiger partial charge in [0.25, 0.3) is 5.56 Å². The number of fused-ring (bicyclic) bond motifs is 1. The van der Waals surface area contributed by atoms with Crippen molar-refractivity contribution < 1.29 is 0 Å². The van der Waals surface area contributed by atoms with Crippen molar-refractivity contribution in [3.8, 4) is 0 Å².